The summed E-state index contributed by atoms with van der Waals surface area (Å²) >= 11 is 5.52. The first kappa shape index (κ1) is 44.6. The second kappa shape index (κ2) is 33.5. The molecule has 5 unspecified atom stereocenters. The van der Waals surface area contributed by atoms with Gasteiger partial charge >= 0.3 is 0 Å². The van der Waals surface area contributed by atoms with E-state index in [4.69, 9.17) is 22.1 Å². The summed E-state index contributed by atoms with van der Waals surface area (Å²) in [4.78, 5) is 0.660. The van der Waals surface area contributed by atoms with Crippen molar-refractivity contribution in [1.29, 1.82) is 0 Å². The first-order valence-electron chi connectivity index (χ1n) is 19.1. The van der Waals surface area contributed by atoms with Crippen LogP contribution in [0, 0.1) is 0 Å². The van der Waals surface area contributed by atoms with Gasteiger partial charge in [-0.05, 0) is 19.3 Å². The smallest absolute Gasteiger partial charge is 0.105 e. The molecule has 0 aliphatic rings. The summed E-state index contributed by atoms with van der Waals surface area (Å²) < 4.78 is 5.49. The third-order valence-electron chi connectivity index (χ3n) is 9.02. The fourth-order valence-corrected chi connectivity index (χ4v) is 6.05. The first-order valence-corrected chi connectivity index (χ1v) is 19.5. The van der Waals surface area contributed by atoms with Crippen molar-refractivity contribution < 1.29 is 30.3 Å². The molecule has 0 fully saturated rings. The van der Waals surface area contributed by atoms with Gasteiger partial charge in [0.15, 0.2) is 0 Å². The molecule has 0 aliphatic carbocycles. The number of unbranched alkanes of at least 4 members (excludes halogenated alkanes) is 22. The van der Waals surface area contributed by atoms with E-state index in [1.165, 1.54) is 135 Å². The van der Waals surface area contributed by atoms with Crippen molar-refractivity contribution >= 4 is 17.2 Å². The van der Waals surface area contributed by atoms with Gasteiger partial charge < -0.3 is 35.6 Å². The number of thiocarbonyl (C=S) groups is 1. The SMILES string of the molecule is CCCCCCCCCCCCCCCCCCCCCCCCCC(=S)NC(COCC(O)C(O)CO)C(O)CC(O)CC. The molecule has 270 valence electrons. The van der Waals surface area contributed by atoms with Crippen molar-refractivity contribution in [3.63, 3.8) is 0 Å². The maximum absolute atomic E-state index is 10.6. The van der Waals surface area contributed by atoms with E-state index in [9.17, 15) is 20.4 Å². The molecule has 0 rings (SSSR count). The maximum Gasteiger partial charge on any atom is 0.105 e. The summed E-state index contributed by atoms with van der Waals surface area (Å²) in [5.74, 6) is 0. The van der Waals surface area contributed by atoms with Crippen LogP contribution in [0.25, 0.3) is 0 Å². The molecule has 0 spiro atoms. The molecule has 0 amide bonds. The average molecular weight is 662 g/mol. The van der Waals surface area contributed by atoms with E-state index in [0.29, 0.717) is 11.4 Å². The van der Waals surface area contributed by atoms with Crippen LogP contribution in [0.2, 0.25) is 0 Å². The van der Waals surface area contributed by atoms with E-state index in [2.05, 4.69) is 12.2 Å². The summed E-state index contributed by atoms with van der Waals surface area (Å²) in [7, 11) is 0. The second-order valence-corrected chi connectivity index (χ2v) is 13.9. The molecule has 5 atom stereocenters. The van der Waals surface area contributed by atoms with E-state index in [1.54, 1.807) is 0 Å². The molecular formula is C37H75NO6S. The van der Waals surface area contributed by atoms with Crippen molar-refractivity contribution in [2.75, 3.05) is 19.8 Å². The molecule has 0 aromatic heterocycles. The van der Waals surface area contributed by atoms with Crippen LogP contribution in [-0.4, -0.2) is 80.8 Å². The second-order valence-electron chi connectivity index (χ2n) is 13.4. The summed E-state index contributed by atoms with van der Waals surface area (Å²) in [6, 6.07) is -0.526. The molecule has 0 aliphatic heterocycles. The van der Waals surface area contributed by atoms with Crippen LogP contribution in [0.5, 0.6) is 0 Å². The zero-order valence-electron chi connectivity index (χ0n) is 29.4. The van der Waals surface area contributed by atoms with E-state index in [-0.39, 0.29) is 19.6 Å². The highest BCUT2D eigenvalue weighted by Crippen LogP contribution is 2.16. The monoisotopic (exact) mass is 662 g/mol. The number of nitrogens with one attached hydrogen (secondary N) is 1. The number of aliphatic hydroxyl groups excluding tert-OH is 5. The topological polar surface area (TPSA) is 122 Å². The van der Waals surface area contributed by atoms with Gasteiger partial charge in [0.25, 0.3) is 0 Å². The third-order valence-corrected chi connectivity index (χ3v) is 9.34. The van der Waals surface area contributed by atoms with Gasteiger partial charge in [-0.1, -0.05) is 167 Å². The van der Waals surface area contributed by atoms with Gasteiger partial charge in [0.2, 0.25) is 0 Å². The highest BCUT2D eigenvalue weighted by molar-refractivity contribution is 7.80. The lowest BCUT2D eigenvalue weighted by atomic mass is 10.0. The average Bonchev–Trinajstić information content (AvgIpc) is 3.03. The number of ether oxygens (including phenoxy) is 1. The Balaban J connectivity index is 3.72. The van der Waals surface area contributed by atoms with E-state index in [0.717, 1.165) is 19.3 Å². The lowest BCUT2D eigenvalue weighted by Gasteiger charge is -2.27. The van der Waals surface area contributed by atoms with Gasteiger partial charge in [-0.3, -0.25) is 0 Å². The van der Waals surface area contributed by atoms with Crippen LogP contribution in [-0.2, 0) is 4.74 Å². The number of hydrogen-bond donors (Lipinski definition) is 6. The molecule has 6 N–H and O–H groups in total. The van der Waals surface area contributed by atoms with Gasteiger partial charge in [0, 0.05) is 6.42 Å². The zero-order valence-corrected chi connectivity index (χ0v) is 30.3. The minimum atomic E-state index is -1.27. The Hall–Kier alpha value is -0.350. The van der Waals surface area contributed by atoms with Crippen LogP contribution in [0.4, 0.5) is 0 Å². The van der Waals surface area contributed by atoms with Crippen LogP contribution >= 0.6 is 12.2 Å². The Morgan fingerprint density at radius 1 is 0.556 bits per heavy atom. The molecule has 45 heavy (non-hydrogen) atoms. The van der Waals surface area contributed by atoms with Crippen LogP contribution in [0.1, 0.15) is 181 Å². The standard InChI is InChI=1S/C37H75NO6S/c1-3-5-6-7-8-9-10-11-12-13-14-15-16-17-18-19-20-21-22-23-24-25-26-27-37(45)38-33(34(41)28-32(40)4-2)30-44-31-36(43)35(42)29-39/h32-36,39-43H,3-31H2,1-2H3,(H,38,45). The van der Waals surface area contributed by atoms with Crippen molar-refractivity contribution in [3.8, 4) is 0 Å². The van der Waals surface area contributed by atoms with Crippen molar-refractivity contribution in [2.45, 2.75) is 211 Å². The van der Waals surface area contributed by atoms with E-state index >= 15 is 0 Å². The number of aliphatic hydroxyl groups is 5. The Morgan fingerprint density at radius 3 is 1.33 bits per heavy atom. The zero-order chi connectivity index (χ0) is 33.4. The van der Waals surface area contributed by atoms with E-state index in [1.807, 2.05) is 6.92 Å². The van der Waals surface area contributed by atoms with Gasteiger partial charge in [0.05, 0.1) is 43.1 Å². The third kappa shape index (κ3) is 29.5. The largest absolute Gasteiger partial charge is 0.394 e. The Bertz CT molecular complexity index is 628. The maximum atomic E-state index is 10.6. The van der Waals surface area contributed by atoms with E-state index < -0.39 is 37.1 Å². The number of rotatable bonds is 35. The molecule has 0 saturated carbocycles. The predicted octanol–water partition coefficient (Wildman–Crippen LogP) is 7.91. The molecular weight excluding hydrogens is 586 g/mol. The fraction of sp³-hybridized carbons (Fsp3) is 0.973. The minimum Gasteiger partial charge on any atom is -0.394 e. The lowest BCUT2D eigenvalue weighted by molar-refractivity contribution is -0.0649. The molecule has 8 heteroatoms. The van der Waals surface area contributed by atoms with Crippen molar-refractivity contribution in [1.82, 2.24) is 5.32 Å². The predicted molar refractivity (Wildman–Crippen MR) is 193 cm³/mol. The van der Waals surface area contributed by atoms with Gasteiger partial charge in [0.1, 0.15) is 12.2 Å². The summed E-state index contributed by atoms with van der Waals surface area (Å²) in [6.45, 7) is 3.48. The summed E-state index contributed by atoms with van der Waals surface area (Å²) in [6.07, 6.45) is 28.9. The molecule has 7 nitrogen and oxygen atoms in total. The first-order chi connectivity index (χ1) is 21.8. The fourth-order valence-electron chi connectivity index (χ4n) is 5.76. The van der Waals surface area contributed by atoms with Crippen LogP contribution in [0.3, 0.4) is 0 Å². The van der Waals surface area contributed by atoms with Gasteiger partial charge in [-0.25, -0.2) is 0 Å². The minimum absolute atomic E-state index is 0.0619. The molecule has 0 aromatic carbocycles. The van der Waals surface area contributed by atoms with Crippen molar-refractivity contribution in [3.05, 3.63) is 0 Å². The molecule has 0 heterocycles. The molecule has 0 aromatic rings. The summed E-state index contributed by atoms with van der Waals surface area (Å²) in [5.41, 5.74) is 0. The highest BCUT2D eigenvalue weighted by atomic mass is 32.1. The normalized spacial score (nSPS) is 15.1. The molecule has 0 bridgehead atoms. The van der Waals surface area contributed by atoms with Gasteiger partial charge in [-0.2, -0.15) is 0 Å². The Morgan fingerprint density at radius 2 is 0.956 bits per heavy atom. The summed E-state index contributed by atoms with van der Waals surface area (Å²) in [5, 5.41) is 52.0. The Kier molecular flexibility index (Phi) is 33.3. The van der Waals surface area contributed by atoms with Crippen LogP contribution < -0.4 is 5.32 Å². The molecule has 0 radical (unpaired) electrons. The van der Waals surface area contributed by atoms with Gasteiger partial charge in [-0.15, -0.1) is 0 Å². The highest BCUT2D eigenvalue weighted by Gasteiger charge is 2.24. The van der Waals surface area contributed by atoms with Crippen molar-refractivity contribution in [2.24, 2.45) is 0 Å². The van der Waals surface area contributed by atoms with Crippen LogP contribution in [0.15, 0.2) is 0 Å². The Labute approximate surface area is 283 Å². The molecule has 0 saturated heterocycles. The lowest BCUT2D eigenvalue weighted by Crippen LogP contribution is -2.47. The quantitative estimate of drug-likeness (QED) is 0.0299. The number of hydrogen-bond acceptors (Lipinski definition) is 7.